The average molecular weight is 383 g/mol. The van der Waals surface area contributed by atoms with Crippen LogP contribution in [0.5, 0.6) is 0 Å². The lowest BCUT2D eigenvalue weighted by Gasteiger charge is -2.20. The van der Waals surface area contributed by atoms with Gasteiger partial charge in [-0.2, -0.15) is 0 Å². The van der Waals surface area contributed by atoms with Crippen LogP contribution in [0.1, 0.15) is 57.2 Å². The van der Waals surface area contributed by atoms with Crippen LogP contribution < -0.4 is 10.0 Å². The molecule has 1 amide bonds. The number of unbranched alkanes of at least 4 members (excludes halogenated alkanes) is 1. The highest BCUT2D eigenvalue weighted by Gasteiger charge is 2.16. The molecule has 26 heavy (non-hydrogen) atoms. The van der Waals surface area contributed by atoms with Crippen LogP contribution in [0, 0.1) is 6.92 Å². The Morgan fingerprint density at radius 2 is 1.96 bits per heavy atom. The van der Waals surface area contributed by atoms with Gasteiger partial charge >= 0.3 is 6.09 Å². The lowest BCUT2D eigenvalue weighted by Crippen LogP contribution is -2.32. The van der Waals surface area contributed by atoms with E-state index in [9.17, 15) is 13.2 Å². The van der Waals surface area contributed by atoms with Gasteiger partial charge in [0.25, 0.3) is 0 Å². The minimum Gasteiger partial charge on any atom is -0.444 e. The molecule has 0 aromatic heterocycles. The first-order valence-electron chi connectivity index (χ1n) is 8.76. The Hall–Kier alpha value is -1.86. The second-order valence-corrected chi connectivity index (χ2v) is 8.80. The summed E-state index contributed by atoms with van der Waals surface area (Å²) in [5.41, 5.74) is 1.98. The molecule has 0 bridgehead atoms. The summed E-state index contributed by atoms with van der Waals surface area (Å²) in [6.07, 6.45) is 2.75. The van der Waals surface area contributed by atoms with Crippen molar-refractivity contribution in [3.63, 3.8) is 0 Å². The predicted octanol–water partition coefficient (Wildman–Crippen LogP) is 3.71. The van der Waals surface area contributed by atoms with Crippen molar-refractivity contribution >= 4 is 22.2 Å². The van der Waals surface area contributed by atoms with Crippen LogP contribution in [0.3, 0.4) is 0 Å². The van der Waals surface area contributed by atoms with Gasteiger partial charge in [0.05, 0.1) is 0 Å². The quantitative estimate of drug-likeness (QED) is 0.671. The summed E-state index contributed by atoms with van der Waals surface area (Å²) >= 11 is 0. The molecule has 0 spiro atoms. The van der Waals surface area contributed by atoms with Crippen LogP contribution in [0.15, 0.2) is 23.6 Å². The summed E-state index contributed by atoms with van der Waals surface area (Å²) in [5, 5.41) is 3.86. The number of carbonyl (C=O) groups is 1. The molecule has 0 aliphatic carbocycles. The van der Waals surface area contributed by atoms with Gasteiger partial charge in [-0.15, -0.1) is 0 Å². The van der Waals surface area contributed by atoms with E-state index >= 15 is 0 Å². The number of aryl methyl sites for hydroxylation is 1. The number of alkyl carbamates (subject to hydrolysis) is 1. The van der Waals surface area contributed by atoms with Gasteiger partial charge in [0, 0.05) is 18.5 Å². The standard InChI is InChI=1S/C19H30N2O4S/c1-6-7-11-21-26(23,24)12-10-16-13-15(2)8-9-17(16)14-20-18(22)25-19(3,4)5/h8-10,12-13,21H,6-7,11,14H2,1-5H3,(H,20,22)/b12-10+. The second-order valence-electron chi connectivity index (χ2n) is 7.15. The topological polar surface area (TPSA) is 84.5 Å². The number of ether oxygens (including phenoxy) is 1. The fraction of sp³-hybridized carbons (Fsp3) is 0.526. The number of hydrogen-bond acceptors (Lipinski definition) is 4. The highest BCUT2D eigenvalue weighted by molar-refractivity contribution is 7.92. The summed E-state index contributed by atoms with van der Waals surface area (Å²) in [5.74, 6) is 0. The molecule has 0 saturated heterocycles. The first-order chi connectivity index (χ1) is 12.0. The number of amides is 1. The van der Waals surface area contributed by atoms with Gasteiger partial charge < -0.3 is 10.1 Å². The molecule has 1 aromatic rings. The number of rotatable bonds is 8. The molecule has 7 heteroatoms. The fourth-order valence-electron chi connectivity index (χ4n) is 2.11. The molecule has 0 heterocycles. The smallest absolute Gasteiger partial charge is 0.407 e. The molecule has 0 aliphatic heterocycles. The van der Waals surface area contributed by atoms with E-state index in [1.54, 1.807) is 26.8 Å². The third-order valence-corrected chi connectivity index (χ3v) is 4.48. The summed E-state index contributed by atoms with van der Waals surface area (Å²) in [4.78, 5) is 11.8. The fourth-order valence-corrected chi connectivity index (χ4v) is 2.97. The van der Waals surface area contributed by atoms with Crippen LogP contribution >= 0.6 is 0 Å². The lowest BCUT2D eigenvalue weighted by molar-refractivity contribution is 0.0523. The van der Waals surface area contributed by atoms with Crippen molar-refractivity contribution in [2.24, 2.45) is 0 Å². The van der Waals surface area contributed by atoms with Gasteiger partial charge in [-0.3, -0.25) is 0 Å². The van der Waals surface area contributed by atoms with Gasteiger partial charge in [0.1, 0.15) is 5.60 Å². The summed E-state index contributed by atoms with van der Waals surface area (Å²) < 4.78 is 31.8. The average Bonchev–Trinajstić information content (AvgIpc) is 2.50. The van der Waals surface area contributed by atoms with Crippen LogP contribution in [0.4, 0.5) is 4.79 Å². The van der Waals surface area contributed by atoms with Crippen molar-refractivity contribution in [2.45, 2.75) is 59.6 Å². The number of benzene rings is 1. The number of hydrogen-bond donors (Lipinski definition) is 2. The minimum atomic E-state index is -3.48. The van der Waals surface area contributed by atoms with Gasteiger partial charge in [0.2, 0.25) is 10.0 Å². The zero-order valence-corrected chi connectivity index (χ0v) is 17.1. The van der Waals surface area contributed by atoms with E-state index in [-0.39, 0.29) is 6.54 Å². The summed E-state index contributed by atoms with van der Waals surface area (Å²) in [7, 11) is -3.48. The largest absolute Gasteiger partial charge is 0.444 e. The maximum absolute atomic E-state index is 12.0. The molecule has 146 valence electrons. The Kier molecular flexibility index (Phi) is 8.30. The van der Waals surface area contributed by atoms with E-state index in [2.05, 4.69) is 10.0 Å². The molecular formula is C19H30N2O4S. The highest BCUT2D eigenvalue weighted by Crippen LogP contribution is 2.15. The third-order valence-electron chi connectivity index (χ3n) is 3.38. The van der Waals surface area contributed by atoms with Gasteiger partial charge in [0.15, 0.2) is 0 Å². The molecule has 0 fully saturated rings. The number of carbonyl (C=O) groups excluding carboxylic acids is 1. The van der Waals surface area contributed by atoms with Crippen LogP contribution in [0.25, 0.3) is 6.08 Å². The van der Waals surface area contributed by atoms with Crippen molar-refractivity contribution in [1.29, 1.82) is 0 Å². The molecule has 0 radical (unpaired) electrons. The molecule has 0 atom stereocenters. The maximum atomic E-state index is 12.0. The van der Waals surface area contributed by atoms with E-state index in [1.165, 1.54) is 0 Å². The number of nitrogens with one attached hydrogen (secondary N) is 2. The first kappa shape index (κ1) is 22.2. The van der Waals surface area contributed by atoms with E-state index in [1.807, 2.05) is 32.0 Å². The molecule has 1 aromatic carbocycles. The summed E-state index contributed by atoms with van der Waals surface area (Å²) in [6, 6.07) is 5.66. The van der Waals surface area contributed by atoms with E-state index < -0.39 is 21.7 Å². The Morgan fingerprint density at radius 1 is 1.27 bits per heavy atom. The van der Waals surface area contributed by atoms with Gasteiger partial charge in [-0.25, -0.2) is 17.9 Å². The number of sulfonamides is 1. The predicted molar refractivity (Wildman–Crippen MR) is 105 cm³/mol. The van der Waals surface area contributed by atoms with Crippen LogP contribution in [-0.4, -0.2) is 26.7 Å². The molecule has 0 aliphatic rings. The summed E-state index contributed by atoms with van der Waals surface area (Å²) in [6.45, 7) is 9.98. The van der Waals surface area contributed by atoms with E-state index in [0.717, 1.165) is 34.9 Å². The van der Waals surface area contributed by atoms with E-state index in [4.69, 9.17) is 4.74 Å². The van der Waals surface area contributed by atoms with Gasteiger partial charge in [-0.1, -0.05) is 37.1 Å². The lowest BCUT2D eigenvalue weighted by atomic mass is 10.0. The van der Waals surface area contributed by atoms with Crippen molar-refractivity contribution in [3.8, 4) is 0 Å². The highest BCUT2D eigenvalue weighted by atomic mass is 32.2. The second kappa shape index (κ2) is 9.73. The zero-order chi connectivity index (χ0) is 19.8. The monoisotopic (exact) mass is 382 g/mol. The molecule has 1 rings (SSSR count). The normalized spacial score (nSPS) is 12.3. The Balaban J connectivity index is 2.84. The van der Waals surface area contributed by atoms with Crippen molar-refractivity contribution in [1.82, 2.24) is 10.0 Å². The molecule has 0 saturated carbocycles. The molecule has 2 N–H and O–H groups in total. The van der Waals surface area contributed by atoms with Crippen molar-refractivity contribution in [2.75, 3.05) is 6.54 Å². The van der Waals surface area contributed by atoms with Crippen molar-refractivity contribution < 1.29 is 17.9 Å². The molecule has 0 unspecified atom stereocenters. The SMILES string of the molecule is CCCCNS(=O)(=O)/C=C/c1cc(C)ccc1CNC(=O)OC(C)(C)C. The van der Waals surface area contributed by atoms with E-state index in [0.29, 0.717) is 6.54 Å². The van der Waals surface area contributed by atoms with Crippen LogP contribution in [0.2, 0.25) is 0 Å². The molecule has 6 nitrogen and oxygen atoms in total. The van der Waals surface area contributed by atoms with Crippen LogP contribution in [-0.2, 0) is 21.3 Å². The minimum absolute atomic E-state index is 0.248. The third kappa shape index (κ3) is 9.01. The Morgan fingerprint density at radius 3 is 2.58 bits per heavy atom. The zero-order valence-electron chi connectivity index (χ0n) is 16.3. The Labute approximate surface area is 157 Å². The first-order valence-corrected chi connectivity index (χ1v) is 10.3. The van der Waals surface area contributed by atoms with Crippen molar-refractivity contribution in [3.05, 3.63) is 40.3 Å². The maximum Gasteiger partial charge on any atom is 0.407 e. The molecular weight excluding hydrogens is 352 g/mol. The Bertz CT molecular complexity index is 734. The van der Waals surface area contributed by atoms with Gasteiger partial charge in [-0.05, 0) is 51.3 Å².